The Hall–Kier alpha value is -2.07. The minimum absolute atomic E-state index is 0.201. The predicted octanol–water partition coefficient (Wildman–Crippen LogP) is 8.61. The van der Waals surface area contributed by atoms with Gasteiger partial charge in [0.15, 0.2) is 0 Å². The van der Waals surface area contributed by atoms with Gasteiger partial charge >= 0.3 is 0 Å². The largest absolute Gasteiger partial charge is 0.496 e. The molecule has 1 rings (SSSR count). The topological polar surface area (TPSA) is 30.8 Å². The van der Waals surface area contributed by atoms with Crippen LogP contribution >= 0.6 is 11.6 Å². The van der Waals surface area contributed by atoms with Crippen molar-refractivity contribution in [3.05, 3.63) is 52.2 Å². The normalized spacial score (nSPS) is 10.7. The summed E-state index contributed by atoms with van der Waals surface area (Å²) < 4.78 is 25.2. The van der Waals surface area contributed by atoms with E-state index < -0.39 is 5.83 Å². The van der Waals surface area contributed by atoms with Gasteiger partial charge in [-0.1, -0.05) is 65.8 Å². The lowest BCUT2D eigenvalue weighted by molar-refractivity contribution is 0.392. The van der Waals surface area contributed by atoms with E-state index in [1.54, 1.807) is 39.1 Å². The van der Waals surface area contributed by atoms with Crippen molar-refractivity contribution in [1.29, 1.82) is 0 Å². The number of rotatable bonds is 6. The van der Waals surface area contributed by atoms with Gasteiger partial charge in [0.05, 0.1) is 19.2 Å². The van der Waals surface area contributed by atoms with Gasteiger partial charge in [0.25, 0.3) is 0 Å². The van der Waals surface area contributed by atoms with Crippen molar-refractivity contribution in [3.8, 4) is 11.5 Å². The monoisotopic (exact) mass is 427 g/mol. The number of hydrogen-bond donors (Lipinski definition) is 0. The molecule has 0 saturated carbocycles. The molecule has 166 valence electrons. The first-order valence-corrected chi connectivity index (χ1v) is 10.4. The van der Waals surface area contributed by atoms with E-state index in [-0.39, 0.29) is 10.6 Å². The third-order valence-corrected chi connectivity index (χ3v) is 3.56. The van der Waals surface area contributed by atoms with Gasteiger partial charge in [0.1, 0.15) is 17.3 Å². The number of aliphatic imine (C=N–C) groups is 1. The van der Waals surface area contributed by atoms with Gasteiger partial charge in [-0.15, -0.1) is 0 Å². The highest BCUT2D eigenvalue weighted by molar-refractivity contribution is 6.34. The highest BCUT2D eigenvalue weighted by Crippen LogP contribution is 2.41. The van der Waals surface area contributed by atoms with Crippen molar-refractivity contribution >= 4 is 23.6 Å². The van der Waals surface area contributed by atoms with E-state index in [4.69, 9.17) is 21.1 Å². The van der Waals surface area contributed by atoms with Gasteiger partial charge < -0.3 is 9.47 Å². The Balaban J connectivity index is -0.00000103. The van der Waals surface area contributed by atoms with Crippen LogP contribution in [0.1, 0.15) is 66.5 Å². The zero-order valence-corrected chi connectivity index (χ0v) is 20.8. The van der Waals surface area contributed by atoms with Gasteiger partial charge in [-0.25, -0.2) is 4.39 Å². The highest BCUT2D eigenvalue weighted by atomic mass is 35.5. The third kappa shape index (κ3) is 10.9. The quantitative estimate of drug-likeness (QED) is 0.336. The summed E-state index contributed by atoms with van der Waals surface area (Å²) in [6.07, 6.45) is 4.65. The molecule has 1 aromatic rings. The summed E-state index contributed by atoms with van der Waals surface area (Å²) in [4.78, 5) is 4.07. The van der Waals surface area contributed by atoms with Crippen LogP contribution in [-0.2, 0) is 0 Å². The first-order chi connectivity index (χ1) is 13.8. The molecule has 0 atom stereocenters. The van der Waals surface area contributed by atoms with Crippen molar-refractivity contribution in [2.45, 2.75) is 62.3 Å². The number of halogens is 2. The van der Waals surface area contributed by atoms with Crippen LogP contribution in [0.4, 0.5) is 4.39 Å². The summed E-state index contributed by atoms with van der Waals surface area (Å²) >= 11 is 6.26. The van der Waals surface area contributed by atoms with E-state index in [0.717, 1.165) is 0 Å². The number of hydrogen-bond acceptors (Lipinski definition) is 3. The SMILES string of the molecule is C=C(C)N=CC(=C\C)/C=C(\F)c1c(C)c(OC)cc(OC)c1Cl.CC.CC.CC. The molecule has 1 aromatic carbocycles. The third-order valence-electron chi connectivity index (χ3n) is 3.18. The fourth-order valence-corrected chi connectivity index (χ4v) is 2.31. The van der Waals surface area contributed by atoms with Gasteiger partial charge in [-0.3, -0.25) is 4.99 Å². The maximum atomic E-state index is 14.8. The lowest BCUT2D eigenvalue weighted by atomic mass is 10.0. The molecule has 0 aliphatic rings. The van der Waals surface area contributed by atoms with E-state index >= 15 is 0 Å². The Labute approximate surface area is 183 Å². The molecule has 0 bridgehead atoms. The number of benzene rings is 1. The van der Waals surface area contributed by atoms with E-state index in [1.165, 1.54) is 20.3 Å². The Morgan fingerprint density at radius 1 is 1.07 bits per heavy atom. The molecule has 0 N–H and O–H groups in total. The smallest absolute Gasteiger partial charge is 0.141 e. The lowest BCUT2D eigenvalue weighted by Crippen LogP contribution is -1.97. The summed E-state index contributed by atoms with van der Waals surface area (Å²) in [5, 5.41) is 0.201. The molecule has 5 heteroatoms. The van der Waals surface area contributed by atoms with Crippen molar-refractivity contribution in [1.82, 2.24) is 0 Å². The van der Waals surface area contributed by atoms with E-state index in [9.17, 15) is 4.39 Å². The number of nitrogens with zero attached hydrogens (tertiary/aromatic N) is 1. The molecule has 0 spiro atoms. The van der Waals surface area contributed by atoms with E-state index in [1.807, 2.05) is 41.5 Å². The Kier molecular flexibility index (Phi) is 21.0. The minimum Gasteiger partial charge on any atom is -0.496 e. The van der Waals surface area contributed by atoms with Crippen LogP contribution in [0.5, 0.6) is 11.5 Å². The molecular weight excluding hydrogens is 389 g/mol. The van der Waals surface area contributed by atoms with Gasteiger partial charge in [0.2, 0.25) is 0 Å². The molecule has 0 radical (unpaired) electrons. The summed E-state index contributed by atoms with van der Waals surface area (Å²) in [5.41, 5.74) is 2.07. The average molecular weight is 428 g/mol. The molecule has 0 saturated heterocycles. The molecule has 0 unspecified atom stereocenters. The Bertz CT molecular complexity index is 664. The molecule has 0 aliphatic heterocycles. The molecule has 0 fully saturated rings. The number of allylic oxidation sites excluding steroid dienone is 4. The predicted molar refractivity (Wildman–Crippen MR) is 129 cm³/mol. The second-order valence-corrected chi connectivity index (χ2v) is 5.25. The van der Waals surface area contributed by atoms with Crippen LogP contribution in [0.2, 0.25) is 5.02 Å². The van der Waals surface area contributed by atoms with Crippen LogP contribution in [-0.4, -0.2) is 20.4 Å². The fourth-order valence-electron chi connectivity index (χ4n) is 1.94. The standard InChI is InChI=1S/C18H21ClFNO2.3C2H6/c1-7-13(10-21-11(2)3)8-14(20)17-12(4)15(22-5)9-16(23-6)18(17)19;3*1-2/h7-10H,2H2,1,3-6H3;3*1-2H3/b13-7-,14-8-,21-10?;;;. The van der Waals surface area contributed by atoms with Crippen molar-refractivity contribution in [3.63, 3.8) is 0 Å². The summed E-state index contributed by atoms with van der Waals surface area (Å²) in [5.74, 6) is 0.360. The highest BCUT2D eigenvalue weighted by Gasteiger charge is 2.19. The molecule has 29 heavy (non-hydrogen) atoms. The maximum Gasteiger partial charge on any atom is 0.141 e. The first kappa shape index (κ1) is 31.6. The fraction of sp³-hybridized carbons (Fsp3) is 0.458. The Morgan fingerprint density at radius 3 is 1.93 bits per heavy atom. The van der Waals surface area contributed by atoms with Crippen LogP contribution in [0, 0.1) is 6.92 Å². The summed E-state index contributed by atoms with van der Waals surface area (Å²) in [6.45, 7) is 21.0. The van der Waals surface area contributed by atoms with E-state index in [0.29, 0.717) is 28.3 Å². The maximum absolute atomic E-state index is 14.8. The summed E-state index contributed by atoms with van der Waals surface area (Å²) in [7, 11) is 2.98. The van der Waals surface area contributed by atoms with Gasteiger partial charge in [0, 0.05) is 29.1 Å². The van der Waals surface area contributed by atoms with Crippen molar-refractivity contribution in [2.24, 2.45) is 4.99 Å². The first-order valence-electron chi connectivity index (χ1n) is 10.00. The molecule has 0 aliphatic carbocycles. The molecule has 0 aromatic heterocycles. The van der Waals surface area contributed by atoms with Gasteiger partial charge in [-0.2, -0.15) is 0 Å². The lowest BCUT2D eigenvalue weighted by Gasteiger charge is -2.14. The van der Waals surface area contributed by atoms with Crippen LogP contribution in [0.15, 0.2) is 41.1 Å². The molecule has 0 heterocycles. The second-order valence-electron chi connectivity index (χ2n) is 4.87. The Morgan fingerprint density at radius 2 is 1.55 bits per heavy atom. The van der Waals surface area contributed by atoms with Crippen LogP contribution in [0.3, 0.4) is 0 Å². The van der Waals surface area contributed by atoms with Gasteiger partial charge in [-0.05, 0) is 32.4 Å². The number of methoxy groups -OCH3 is 2. The minimum atomic E-state index is -0.494. The molecule has 0 amide bonds. The molecule has 3 nitrogen and oxygen atoms in total. The zero-order chi connectivity index (χ0) is 23.6. The number of ether oxygens (including phenoxy) is 2. The second kappa shape index (κ2) is 19.3. The zero-order valence-electron chi connectivity index (χ0n) is 20.0. The van der Waals surface area contributed by atoms with Crippen molar-refractivity contribution < 1.29 is 13.9 Å². The van der Waals surface area contributed by atoms with Crippen molar-refractivity contribution in [2.75, 3.05) is 14.2 Å². The average Bonchev–Trinajstić information content (AvgIpc) is 2.75. The van der Waals surface area contributed by atoms with Crippen LogP contribution in [0.25, 0.3) is 5.83 Å². The summed E-state index contributed by atoms with van der Waals surface area (Å²) in [6, 6.07) is 1.63. The van der Waals surface area contributed by atoms with Crippen LogP contribution < -0.4 is 9.47 Å². The van der Waals surface area contributed by atoms with E-state index in [2.05, 4.69) is 11.6 Å². The molecular formula is C24H39ClFNO2.